The molecule has 0 aliphatic rings. The Bertz CT molecular complexity index is 1410. The Balaban J connectivity index is 1.75. The Morgan fingerprint density at radius 3 is 2.45 bits per heavy atom. The molecule has 3 rings (SSSR count). The number of halogens is 3. The normalized spacial score (nSPS) is 12.6. The highest BCUT2D eigenvalue weighted by atomic mass is 19.4. The fourth-order valence-electron chi connectivity index (χ4n) is 3.31. The number of aryl methyl sites for hydroxylation is 1. The fraction of sp³-hybridized carbons (Fsp3) is 0.259. The van der Waals surface area contributed by atoms with E-state index in [2.05, 4.69) is 15.3 Å². The van der Waals surface area contributed by atoms with Crippen molar-refractivity contribution in [3.8, 4) is 11.5 Å². The summed E-state index contributed by atoms with van der Waals surface area (Å²) in [7, 11) is 0. The molecule has 0 saturated heterocycles. The van der Waals surface area contributed by atoms with Crippen molar-refractivity contribution in [1.29, 1.82) is 0 Å². The molecule has 8 nitrogen and oxygen atoms in total. The standard InChI is InChI=1S/C27H28F3N5O3/c1-16-11-17(12-24(36)34-19(14-31)15-33-26(2,3)4)5-8-22(16)38-23-9-10-32-21-7-6-18(13-20(21)23)35-25(37)27(28,29)30/h5-11,13-15H,12,31H2,1-4H3,(H,34,36)(H,35,37)/b19-14+,33-15?. The zero-order chi connectivity index (χ0) is 28.1. The lowest BCUT2D eigenvalue weighted by atomic mass is 10.1. The van der Waals surface area contributed by atoms with Crippen LogP contribution in [-0.4, -0.2) is 34.7 Å². The molecule has 0 radical (unpaired) electrons. The Morgan fingerprint density at radius 1 is 1.08 bits per heavy atom. The summed E-state index contributed by atoms with van der Waals surface area (Å²) in [5, 5.41) is 4.96. The van der Waals surface area contributed by atoms with E-state index in [-0.39, 0.29) is 23.6 Å². The quantitative estimate of drug-likeness (QED) is 0.367. The summed E-state index contributed by atoms with van der Waals surface area (Å²) in [4.78, 5) is 32.3. The van der Waals surface area contributed by atoms with Crippen LogP contribution in [0.4, 0.5) is 18.9 Å². The van der Waals surface area contributed by atoms with Crippen LogP contribution in [0.3, 0.4) is 0 Å². The molecule has 4 N–H and O–H groups in total. The zero-order valence-electron chi connectivity index (χ0n) is 21.3. The van der Waals surface area contributed by atoms with Crippen molar-refractivity contribution in [2.24, 2.45) is 10.7 Å². The topological polar surface area (TPSA) is 119 Å². The number of nitrogens with zero attached hydrogens (tertiary/aromatic N) is 2. The number of rotatable bonds is 7. The van der Waals surface area contributed by atoms with Gasteiger partial charge in [0.25, 0.3) is 0 Å². The van der Waals surface area contributed by atoms with Gasteiger partial charge in [-0.2, -0.15) is 13.2 Å². The summed E-state index contributed by atoms with van der Waals surface area (Å²) in [5.74, 6) is -1.54. The van der Waals surface area contributed by atoms with Crippen LogP contribution in [0.2, 0.25) is 0 Å². The molecule has 0 atom stereocenters. The molecule has 2 aromatic carbocycles. The first-order valence-corrected chi connectivity index (χ1v) is 11.6. The summed E-state index contributed by atoms with van der Waals surface area (Å²) in [5.41, 5.74) is 7.54. The van der Waals surface area contributed by atoms with E-state index in [4.69, 9.17) is 10.5 Å². The van der Waals surface area contributed by atoms with Crippen LogP contribution in [-0.2, 0) is 16.0 Å². The van der Waals surface area contributed by atoms with Crippen molar-refractivity contribution < 1.29 is 27.5 Å². The molecule has 0 spiro atoms. The zero-order valence-corrected chi connectivity index (χ0v) is 21.3. The molecule has 200 valence electrons. The molecule has 11 heteroatoms. The number of pyridine rings is 1. The van der Waals surface area contributed by atoms with Crippen molar-refractivity contribution in [3.63, 3.8) is 0 Å². The number of nitrogens with one attached hydrogen (secondary N) is 2. The van der Waals surface area contributed by atoms with Gasteiger partial charge in [-0.1, -0.05) is 12.1 Å². The minimum atomic E-state index is -5.01. The second-order valence-corrected chi connectivity index (χ2v) is 9.47. The highest BCUT2D eigenvalue weighted by Crippen LogP contribution is 2.33. The number of anilines is 1. The maximum Gasteiger partial charge on any atom is 0.471 e. The maximum absolute atomic E-state index is 12.6. The molecule has 0 bridgehead atoms. The number of carbonyl (C=O) groups is 2. The number of nitrogens with two attached hydrogens (primary N) is 1. The van der Waals surface area contributed by atoms with Crippen molar-refractivity contribution in [1.82, 2.24) is 10.3 Å². The molecule has 0 aliphatic carbocycles. The number of allylic oxidation sites excluding steroid dienone is 1. The number of amides is 2. The fourth-order valence-corrected chi connectivity index (χ4v) is 3.31. The lowest BCUT2D eigenvalue weighted by Crippen LogP contribution is -2.29. The van der Waals surface area contributed by atoms with Gasteiger partial charge in [0.2, 0.25) is 5.91 Å². The van der Waals surface area contributed by atoms with Gasteiger partial charge in [0.1, 0.15) is 11.5 Å². The van der Waals surface area contributed by atoms with E-state index in [1.807, 2.05) is 26.1 Å². The van der Waals surface area contributed by atoms with Gasteiger partial charge in [0.15, 0.2) is 0 Å². The van der Waals surface area contributed by atoms with Gasteiger partial charge in [0.05, 0.1) is 23.2 Å². The summed E-state index contributed by atoms with van der Waals surface area (Å²) >= 11 is 0. The lowest BCUT2D eigenvalue weighted by Gasteiger charge is -2.14. The van der Waals surface area contributed by atoms with E-state index in [9.17, 15) is 22.8 Å². The highest BCUT2D eigenvalue weighted by molar-refractivity contribution is 5.97. The van der Waals surface area contributed by atoms with Gasteiger partial charge >= 0.3 is 12.1 Å². The number of hydrogen-bond acceptors (Lipinski definition) is 6. The number of carbonyl (C=O) groups excluding carboxylic acids is 2. The second kappa shape index (κ2) is 11.3. The van der Waals surface area contributed by atoms with Crippen molar-refractivity contribution in [3.05, 3.63) is 71.7 Å². The smallest absolute Gasteiger partial charge is 0.456 e. The number of benzene rings is 2. The van der Waals surface area contributed by atoms with Gasteiger partial charge < -0.3 is 21.1 Å². The van der Waals surface area contributed by atoms with Gasteiger partial charge in [-0.15, -0.1) is 0 Å². The summed E-state index contributed by atoms with van der Waals surface area (Å²) in [6, 6.07) is 11.0. The van der Waals surface area contributed by atoms with Crippen LogP contribution in [0.1, 0.15) is 31.9 Å². The molecule has 0 saturated carbocycles. The predicted molar refractivity (Wildman–Crippen MR) is 140 cm³/mol. The van der Waals surface area contributed by atoms with E-state index in [0.29, 0.717) is 28.1 Å². The Labute approximate surface area is 217 Å². The summed E-state index contributed by atoms with van der Waals surface area (Å²) < 4.78 is 44.0. The molecule has 38 heavy (non-hydrogen) atoms. The molecule has 0 fully saturated rings. The van der Waals surface area contributed by atoms with Crippen molar-refractivity contribution in [2.75, 3.05) is 5.32 Å². The molecule has 1 heterocycles. The van der Waals surface area contributed by atoms with Crippen LogP contribution in [0.25, 0.3) is 10.9 Å². The molecule has 0 aliphatic heterocycles. The number of ether oxygens (including phenoxy) is 1. The van der Waals surface area contributed by atoms with E-state index >= 15 is 0 Å². The van der Waals surface area contributed by atoms with E-state index in [1.54, 1.807) is 31.2 Å². The SMILES string of the molecule is Cc1cc(CC(=O)N/C(C=NC(C)(C)C)=C/N)ccc1Oc1ccnc2ccc(NC(=O)C(F)(F)F)cc12. The third-order valence-electron chi connectivity index (χ3n) is 5.10. The highest BCUT2D eigenvalue weighted by Gasteiger charge is 2.38. The van der Waals surface area contributed by atoms with E-state index < -0.39 is 12.1 Å². The van der Waals surface area contributed by atoms with Gasteiger partial charge in [-0.25, -0.2) is 0 Å². The van der Waals surface area contributed by atoms with Gasteiger partial charge in [-0.05, 0) is 69.2 Å². The average Bonchev–Trinajstić information content (AvgIpc) is 2.82. The molecule has 0 unspecified atom stereocenters. The molecular weight excluding hydrogens is 499 g/mol. The first kappa shape index (κ1) is 28.2. The van der Waals surface area contributed by atoms with Crippen molar-refractivity contribution in [2.45, 2.75) is 45.8 Å². The van der Waals surface area contributed by atoms with Gasteiger partial charge in [0, 0.05) is 29.7 Å². The minimum Gasteiger partial charge on any atom is -0.456 e. The first-order valence-electron chi connectivity index (χ1n) is 11.6. The Kier molecular flexibility index (Phi) is 8.39. The van der Waals surface area contributed by atoms with Crippen LogP contribution >= 0.6 is 0 Å². The third kappa shape index (κ3) is 7.79. The average molecular weight is 528 g/mol. The van der Waals surface area contributed by atoms with Crippen LogP contribution in [0.15, 0.2) is 65.6 Å². The van der Waals surface area contributed by atoms with Crippen molar-refractivity contribution >= 4 is 34.6 Å². The largest absolute Gasteiger partial charge is 0.471 e. The minimum absolute atomic E-state index is 0.0470. The Morgan fingerprint density at radius 2 is 1.82 bits per heavy atom. The number of aliphatic imine (C=N–C) groups is 1. The second-order valence-electron chi connectivity index (χ2n) is 9.47. The van der Waals surface area contributed by atoms with Crippen LogP contribution in [0, 0.1) is 6.92 Å². The molecule has 3 aromatic rings. The first-order chi connectivity index (χ1) is 17.7. The predicted octanol–water partition coefficient (Wildman–Crippen LogP) is 5.16. The number of hydrogen-bond donors (Lipinski definition) is 3. The van der Waals surface area contributed by atoms with Crippen LogP contribution < -0.4 is 21.1 Å². The maximum atomic E-state index is 12.6. The third-order valence-corrected chi connectivity index (χ3v) is 5.10. The number of fused-ring (bicyclic) bond motifs is 1. The summed E-state index contributed by atoms with van der Waals surface area (Å²) in [6.45, 7) is 7.57. The molecular formula is C27H28F3N5O3. The van der Waals surface area contributed by atoms with Crippen LogP contribution in [0.5, 0.6) is 11.5 Å². The number of aromatic nitrogens is 1. The van der Waals surface area contributed by atoms with E-state index in [1.165, 1.54) is 36.8 Å². The lowest BCUT2D eigenvalue weighted by molar-refractivity contribution is -0.167. The Hall–Kier alpha value is -4.41. The monoisotopic (exact) mass is 527 g/mol. The van der Waals surface area contributed by atoms with E-state index in [0.717, 1.165) is 11.1 Å². The van der Waals surface area contributed by atoms with Gasteiger partial charge in [-0.3, -0.25) is 19.6 Å². The molecule has 2 amide bonds. The molecule has 1 aromatic heterocycles. The summed E-state index contributed by atoms with van der Waals surface area (Å²) in [6.07, 6.45) is -0.637. The number of alkyl halides is 3.